The zero-order valence-corrected chi connectivity index (χ0v) is 11.6. The molecule has 0 atom stereocenters. The minimum atomic E-state index is -0.461. The third-order valence-electron chi connectivity index (χ3n) is 3.12. The van der Waals surface area contributed by atoms with Gasteiger partial charge >= 0.3 is 0 Å². The molecular weight excluding hydrogens is 261 g/mol. The summed E-state index contributed by atoms with van der Waals surface area (Å²) in [5, 5.41) is 9.25. The van der Waals surface area contributed by atoms with Gasteiger partial charge in [-0.1, -0.05) is 11.2 Å². The normalized spacial score (nSPS) is 10.4. The Hall–Kier alpha value is -2.37. The molecule has 0 aliphatic rings. The number of hydrogen-bond acceptors (Lipinski definition) is 4. The number of amides is 1. The highest BCUT2D eigenvalue weighted by molar-refractivity contribution is 5.99. The summed E-state index contributed by atoms with van der Waals surface area (Å²) < 4.78 is 18.6. The van der Waals surface area contributed by atoms with E-state index in [1.165, 1.54) is 12.1 Å². The van der Waals surface area contributed by atoms with Gasteiger partial charge in [-0.05, 0) is 26.0 Å². The number of hydrogen-bond donors (Lipinski definition) is 2. The van der Waals surface area contributed by atoms with E-state index in [0.29, 0.717) is 12.3 Å². The fourth-order valence-corrected chi connectivity index (χ4v) is 1.99. The van der Waals surface area contributed by atoms with Crippen LogP contribution in [-0.4, -0.2) is 18.1 Å². The largest absolute Gasteiger partial charge is 0.385 e. The summed E-state index contributed by atoms with van der Waals surface area (Å²) in [6.07, 6.45) is 0. The Morgan fingerprint density at radius 2 is 2.15 bits per heavy atom. The van der Waals surface area contributed by atoms with Crippen molar-refractivity contribution in [2.24, 2.45) is 0 Å². The maximum Gasteiger partial charge on any atom is 0.253 e. The van der Waals surface area contributed by atoms with Crippen LogP contribution >= 0.6 is 0 Å². The molecular formula is C14H16FN3O2. The lowest BCUT2D eigenvalue weighted by Gasteiger charge is -2.10. The molecule has 0 bridgehead atoms. The average molecular weight is 277 g/mol. The number of carbonyl (C=O) groups is 1. The number of anilines is 1. The Morgan fingerprint density at radius 3 is 2.75 bits per heavy atom. The van der Waals surface area contributed by atoms with Gasteiger partial charge in [0, 0.05) is 19.2 Å². The van der Waals surface area contributed by atoms with E-state index in [0.717, 1.165) is 11.3 Å². The zero-order valence-electron chi connectivity index (χ0n) is 11.6. The fraction of sp³-hybridized carbons (Fsp3) is 0.286. The van der Waals surface area contributed by atoms with Crippen molar-refractivity contribution in [3.8, 4) is 0 Å². The van der Waals surface area contributed by atoms with E-state index in [4.69, 9.17) is 4.52 Å². The molecule has 1 aromatic carbocycles. The average Bonchev–Trinajstić information content (AvgIpc) is 2.75. The summed E-state index contributed by atoms with van der Waals surface area (Å²) in [6.45, 7) is 3.88. The van der Waals surface area contributed by atoms with E-state index < -0.39 is 5.82 Å². The van der Waals surface area contributed by atoms with Gasteiger partial charge in [0.05, 0.1) is 16.9 Å². The molecule has 0 spiro atoms. The molecule has 1 amide bonds. The predicted octanol–water partition coefficient (Wildman–Crippen LogP) is 2.40. The van der Waals surface area contributed by atoms with Crippen LogP contribution in [0.4, 0.5) is 10.1 Å². The van der Waals surface area contributed by atoms with Crippen LogP contribution < -0.4 is 10.6 Å². The van der Waals surface area contributed by atoms with E-state index in [1.54, 1.807) is 27.0 Å². The fourth-order valence-electron chi connectivity index (χ4n) is 1.99. The zero-order chi connectivity index (χ0) is 14.7. The molecule has 1 aromatic heterocycles. The van der Waals surface area contributed by atoms with Gasteiger partial charge < -0.3 is 15.2 Å². The van der Waals surface area contributed by atoms with Crippen molar-refractivity contribution >= 4 is 11.6 Å². The van der Waals surface area contributed by atoms with Crippen molar-refractivity contribution in [2.75, 3.05) is 12.4 Å². The number of aromatic nitrogens is 1. The predicted molar refractivity (Wildman–Crippen MR) is 73.1 cm³/mol. The first kappa shape index (κ1) is 14.0. The minimum absolute atomic E-state index is 0.184. The summed E-state index contributed by atoms with van der Waals surface area (Å²) >= 11 is 0. The molecule has 2 N–H and O–H groups in total. The number of carbonyl (C=O) groups excluding carboxylic acids is 1. The van der Waals surface area contributed by atoms with Crippen LogP contribution in [0.5, 0.6) is 0 Å². The van der Waals surface area contributed by atoms with Crippen LogP contribution in [0, 0.1) is 19.7 Å². The van der Waals surface area contributed by atoms with Crippen molar-refractivity contribution in [1.82, 2.24) is 10.5 Å². The summed E-state index contributed by atoms with van der Waals surface area (Å²) in [5.41, 5.74) is 2.01. The summed E-state index contributed by atoms with van der Waals surface area (Å²) in [7, 11) is 1.57. The molecule has 0 aliphatic heterocycles. The smallest absolute Gasteiger partial charge is 0.253 e. The van der Waals surface area contributed by atoms with Crippen molar-refractivity contribution in [1.29, 1.82) is 0 Å². The Morgan fingerprint density at radius 1 is 1.40 bits per heavy atom. The minimum Gasteiger partial charge on any atom is -0.385 e. The van der Waals surface area contributed by atoms with E-state index in [2.05, 4.69) is 15.8 Å². The van der Waals surface area contributed by atoms with Crippen LogP contribution in [-0.2, 0) is 6.54 Å². The summed E-state index contributed by atoms with van der Waals surface area (Å²) in [4.78, 5) is 12.1. The molecule has 0 saturated heterocycles. The number of halogens is 1. The van der Waals surface area contributed by atoms with E-state index in [-0.39, 0.29) is 17.2 Å². The Kier molecular flexibility index (Phi) is 4.02. The maximum atomic E-state index is 13.6. The van der Waals surface area contributed by atoms with Crippen molar-refractivity contribution < 1.29 is 13.7 Å². The van der Waals surface area contributed by atoms with Crippen LogP contribution in [0.2, 0.25) is 0 Å². The van der Waals surface area contributed by atoms with Crippen molar-refractivity contribution in [3.05, 3.63) is 46.6 Å². The van der Waals surface area contributed by atoms with E-state index in [1.807, 2.05) is 0 Å². The first-order chi connectivity index (χ1) is 9.54. The van der Waals surface area contributed by atoms with Gasteiger partial charge in [0.15, 0.2) is 0 Å². The highest BCUT2D eigenvalue weighted by atomic mass is 19.1. The molecule has 2 rings (SSSR count). The maximum absolute atomic E-state index is 13.6. The molecule has 1 heterocycles. The van der Waals surface area contributed by atoms with Crippen molar-refractivity contribution in [3.63, 3.8) is 0 Å². The Balaban J connectivity index is 2.15. The topological polar surface area (TPSA) is 67.2 Å². The third-order valence-corrected chi connectivity index (χ3v) is 3.12. The molecule has 6 heteroatoms. The highest BCUT2D eigenvalue weighted by Gasteiger charge is 2.15. The number of aryl methyl sites for hydroxylation is 2. The quantitative estimate of drug-likeness (QED) is 0.900. The molecule has 0 unspecified atom stereocenters. The lowest BCUT2D eigenvalue weighted by Crippen LogP contribution is -2.24. The van der Waals surface area contributed by atoms with Gasteiger partial charge in [0.25, 0.3) is 5.91 Å². The first-order valence-corrected chi connectivity index (χ1v) is 6.20. The molecule has 106 valence electrons. The molecule has 0 aliphatic carbocycles. The summed E-state index contributed by atoms with van der Waals surface area (Å²) in [6, 6.07) is 4.37. The van der Waals surface area contributed by atoms with E-state index in [9.17, 15) is 9.18 Å². The number of rotatable bonds is 4. The number of para-hydroxylation sites is 1. The Labute approximate surface area is 116 Å². The SMILES string of the molecule is CNc1c(F)cccc1C(=O)NCc1c(C)noc1C. The standard InChI is InChI=1S/C14H16FN3O2/c1-8-11(9(2)20-18-8)7-17-14(19)10-5-4-6-12(15)13(10)16-3/h4-6,16H,7H2,1-3H3,(H,17,19). The molecule has 0 saturated carbocycles. The van der Waals surface area contributed by atoms with Gasteiger partial charge in [0.1, 0.15) is 11.6 Å². The van der Waals surface area contributed by atoms with Gasteiger partial charge in [-0.25, -0.2) is 4.39 Å². The first-order valence-electron chi connectivity index (χ1n) is 6.20. The third kappa shape index (κ3) is 2.64. The number of nitrogens with zero attached hydrogens (tertiary/aromatic N) is 1. The van der Waals surface area contributed by atoms with Gasteiger partial charge in [-0.3, -0.25) is 4.79 Å². The second-order valence-electron chi connectivity index (χ2n) is 4.40. The molecule has 2 aromatic rings. The van der Waals surface area contributed by atoms with Crippen LogP contribution in [0.15, 0.2) is 22.7 Å². The number of nitrogens with one attached hydrogen (secondary N) is 2. The lowest BCUT2D eigenvalue weighted by molar-refractivity contribution is 0.0951. The van der Waals surface area contributed by atoms with Crippen LogP contribution in [0.25, 0.3) is 0 Å². The van der Waals surface area contributed by atoms with E-state index >= 15 is 0 Å². The monoisotopic (exact) mass is 277 g/mol. The molecule has 5 nitrogen and oxygen atoms in total. The highest BCUT2D eigenvalue weighted by Crippen LogP contribution is 2.19. The van der Waals surface area contributed by atoms with Gasteiger partial charge in [-0.2, -0.15) is 0 Å². The molecule has 0 fully saturated rings. The second kappa shape index (κ2) is 5.73. The van der Waals surface area contributed by atoms with Crippen LogP contribution in [0.1, 0.15) is 27.4 Å². The lowest BCUT2D eigenvalue weighted by atomic mass is 10.1. The second-order valence-corrected chi connectivity index (χ2v) is 4.40. The number of benzene rings is 1. The molecule has 0 radical (unpaired) electrons. The van der Waals surface area contributed by atoms with Crippen molar-refractivity contribution in [2.45, 2.75) is 20.4 Å². The van der Waals surface area contributed by atoms with Gasteiger partial charge in [-0.15, -0.1) is 0 Å². The van der Waals surface area contributed by atoms with Gasteiger partial charge in [0.2, 0.25) is 0 Å². The molecule has 20 heavy (non-hydrogen) atoms. The summed E-state index contributed by atoms with van der Waals surface area (Å²) in [5.74, 6) is -0.151. The van der Waals surface area contributed by atoms with Crippen LogP contribution in [0.3, 0.4) is 0 Å². The Bertz CT molecular complexity index is 618.